The van der Waals surface area contributed by atoms with Gasteiger partial charge in [-0.1, -0.05) is 17.7 Å². The zero-order valence-corrected chi connectivity index (χ0v) is 11.0. The van der Waals surface area contributed by atoms with Gasteiger partial charge in [-0.15, -0.1) is 0 Å². The van der Waals surface area contributed by atoms with Crippen LogP contribution in [0, 0.1) is 6.92 Å². The minimum Gasteiger partial charge on any atom is -0.496 e. The number of halogens is 1. The Balaban J connectivity index is 2.10. The van der Waals surface area contributed by atoms with E-state index in [4.69, 9.17) is 16.3 Å². The lowest BCUT2D eigenvalue weighted by Crippen LogP contribution is -2.04. The van der Waals surface area contributed by atoms with Gasteiger partial charge in [-0.25, -0.2) is 4.98 Å². The fourth-order valence-corrected chi connectivity index (χ4v) is 1.76. The summed E-state index contributed by atoms with van der Waals surface area (Å²) in [7, 11) is 1.63. The number of nitrogens with zero attached hydrogens (tertiary/aromatic N) is 2. The Kier molecular flexibility index (Phi) is 3.99. The van der Waals surface area contributed by atoms with Gasteiger partial charge in [-0.3, -0.25) is 4.98 Å². The van der Waals surface area contributed by atoms with Crippen LogP contribution >= 0.6 is 11.6 Å². The molecule has 2 rings (SSSR count). The zero-order chi connectivity index (χ0) is 13.0. The Labute approximate surface area is 111 Å². The van der Waals surface area contributed by atoms with Crippen molar-refractivity contribution in [1.29, 1.82) is 0 Å². The maximum atomic E-state index is 5.91. The van der Waals surface area contributed by atoms with Crippen LogP contribution in [-0.4, -0.2) is 17.1 Å². The number of rotatable bonds is 4. The van der Waals surface area contributed by atoms with E-state index in [0.717, 1.165) is 22.8 Å². The Morgan fingerprint density at radius 1 is 1.33 bits per heavy atom. The molecule has 0 spiro atoms. The van der Waals surface area contributed by atoms with Crippen molar-refractivity contribution in [1.82, 2.24) is 9.97 Å². The van der Waals surface area contributed by atoms with Crippen LogP contribution in [0.4, 0.5) is 5.82 Å². The fourth-order valence-electron chi connectivity index (χ4n) is 1.60. The number of aryl methyl sites for hydroxylation is 1. The van der Waals surface area contributed by atoms with Crippen LogP contribution in [0.15, 0.2) is 30.6 Å². The van der Waals surface area contributed by atoms with Crippen molar-refractivity contribution in [2.75, 3.05) is 12.4 Å². The second kappa shape index (κ2) is 5.69. The predicted octanol–water partition coefficient (Wildman–Crippen LogP) is 3.06. The summed E-state index contributed by atoms with van der Waals surface area (Å²) < 4.78 is 5.28. The molecule has 0 aliphatic carbocycles. The van der Waals surface area contributed by atoms with Gasteiger partial charge in [0.15, 0.2) is 0 Å². The quantitative estimate of drug-likeness (QED) is 0.921. The molecule has 4 nitrogen and oxygen atoms in total. The zero-order valence-electron chi connectivity index (χ0n) is 10.3. The molecule has 18 heavy (non-hydrogen) atoms. The van der Waals surface area contributed by atoms with Crippen LogP contribution in [0.25, 0.3) is 0 Å². The van der Waals surface area contributed by atoms with Gasteiger partial charge in [0.2, 0.25) is 0 Å². The van der Waals surface area contributed by atoms with Gasteiger partial charge < -0.3 is 10.1 Å². The van der Waals surface area contributed by atoms with Gasteiger partial charge in [-0.2, -0.15) is 0 Å². The predicted molar refractivity (Wildman–Crippen MR) is 72.1 cm³/mol. The van der Waals surface area contributed by atoms with Gasteiger partial charge in [0.1, 0.15) is 11.6 Å². The minimum atomic E-state index is 0.610. The number of benzene rings is 1. The molecule has 0 radical (unpaired) electrons. The van der Waals surface area contributed by atoms with E-state index < -0.39 is 0 Å². The molecule has 0 saturated carbocycles. The topological polar surface area (TPSA) is 47.0 Å². The number of nitrogens with one attached hydrogen (secondary N) is 1. The van der Waals surface area contributed by atoms with Crippen LogP contribution in [-0.2, 0) is 6.54 Å². The van der Waals surface area contributed by atoms with Crippen molar-refractivity contribution in [3.8, 4) is 5.75 Å². The summed E-state index contributed by atoms with van der Waals surface area (Å²) in [6.45, 7) is 2.51. The first kappa shape index (κ1) is 12.6. The van der Waals surface area contributed by atoms with Gasteiger partial charge in [0, 0.05) is 23.3 Å². The number of hydrogen-bond donors (Lipinski definition) is 1. The number of methoxy groups -OCH3 is 1. The van der Waals surface area contributed by atoms with E-state index in [1.54, 1.807) is 25.6 Å². The number of ether oxygens (including phenoxy) is 1. The Hall–Kier alpha value is -1.81. The average molecular weight is 264 g/mol. The molecule has 1 aromatic heterocycles. The van der Waals surface area contributed by atoms with Gasteiger partial charge in [0.05, 0.1) is 19.0 Å². The van der Waals surface area contributed by atoms with Gasteiger partial charge in [0.25, 0.3) is 0 Å². The normalized spacial score (nSPS) is 10.2. The number of hydrogen-bond acceptors (Lipinski definition) is 4. The molecule has 5 heteroatoms. The molecule has 2 aromatic rings. The van der Waals surface area contributed by atoms with E-state index in [9.17, 15) is 0 Å². The van der Waals surface area contributed by atoms with Crippen LogP contribution in [0.1, 0.15) is 11.3 Å². The van der Waals surface area contributed by atoms with Crippen LogP contribution < -0.4 is 10.1 Å². The molecule has 1 heterocycles. The number of aromatic nitrogens is 2. The molecular formula is C13H14ClN3O. The van der Waals surface area contributed by atoms with Crippen molar-refractivity contribution in [2.45, 2.75) is 13.5 Å². The molecule has 0 aliphatic heterocycles. The monoisotopic (exact) mass is 263 g/mol. The summed E-state index contributed by atoms with van der Waals surface area (Å²) in [6.07, 6.45) is 3.41. The summed E-state index contributed by atoms with van der Waals surface area (Å²) in [5, 5.41) is 3.86. The summed E-state index contributed by atoms with van der Waals surface area (Å²) in [4.78, 5) is 8.40. The molecule has 0 aliphatic rings. The first-order valence-electron chi connectivity index (χ1n) is 5.54. The number of anilines is 1. The fraction of sp³-hybridized carbons (Fsp3) is 0.231. The van der Waals surface area contributed by atoms with E-state index >= 15 is 0 Å². The van der Waals surface area contributed by atoms with E-state index in [0.29, 0.717) is 11.6 Å². The summed E-state index contributed by atoms with van der Waals surface area (Å²) in [5.74, 6) is 1.50. The van der Waals surface area contributed by atoms with E-state index in [1.807, 2.05) is 19.1 Å². The van der Waals surface area contributed by atoms with Crippen molar-refractivity contribution in [3.63, 3.8) is 0 Å². The summed E-state index contributed by atoms with van der Waals surface area (Å²) >= 11 is 5.91. The Bertz CT molecular complexity index is 546. The standard InChI is InChI=1S/C13H14ClN3O/c1-9-6-15-8-13(17-9)16-7-10-3-4-11(14)5-12(10)18-2/h3-6,8H,7H2,1-2H3,(H,16,17). The lowest BCUT2D eigenvalue weighted by Gasteiger charge is -2.10. The van der Waals surface area contributed by atoms with E-state index in [2.05, 4.69) is 15.3 Å². The van der Waals surface area contributed by atoms with Crippen LogP contribution in [0.2, 0.25) is 5.02 Å². The highest BCUT2D eigenvalue weighted by Crippen LogP contribution is 2.23. The largest absolute Gasteiger partial charge is 0.496 e. The average Bonchev–Trinajstić information content (AvgIpc) is 2.37. The summed E-state index contributed by atoms with van der Waals surface area (Å²) in [5.41, 5.74) is 1.90. The highest BCUT2D eigenvalue weighted by atomic mass is 35.5. The lowest BCUT2D eigenvalue weighted by molar-refractivity contribution is 0.410. The Morgan fingerprint density at radius 3 is 2.89 bits per heavy atom. The second-order valence-electron chi connectivity index (χ2n) is 3.86. The van der Waals surface area contributed by atoms with Gasteiger partial charge >= 0.3 is 0 Å². The van der Waals surface area contributed by atoms with Crippen molar-refractivity contribution in [3.05, 3.63) is 46.9 Å². The molecule has 1 N–H and O–H groups in total. The summed E-state index contributed by atoms with van der Waals surface area (Å²) in [6, 6.07) is 5.56. The highest BCUT2D eigenvalue weighted by molar-refractivity contribution is 6.30. The molecule has 0 bridgehead atoms. The maximum Gasteiger partial charge on any atom is 0.145 e. The highest BCUT2D eigenvalue weighted by Gasteiger charge is 2.04. The first-order valence-corrected chi connectivity index (χ1v) is 5.92. The third-order valence-electron chi connectivity index (χ3n) is 2.46. The maximum absolute atomic E-state index is 5.91. The molecule has 0 fully saturated rings. The van der Waals surface area contributed by atoms with Crippen molar-refractivity contribution in [2.24, 2.45) is 0 Å². The second-order valence-corrected chi connectivity index (χ2v) is 4.29. The Morgan fingerprint density at radius 2 is 2.17 bits per heavy atom. The molecule has 0 atom stereocenters. The van der Waals surface area contributed by atoms with Gasteiger partial charge in [-0.05, 0) is 19.1 Å². The molecular weight excluding hydrogens is 250 g/mol. The molecule has 1 aromatic carbocycles. The minimum absolute atomic E-state index is 0.610. The van der Waals surface area contributed by atoms with Crippen LogP contribution in [0.5, 0.6) is 5.75 Å². The van der Waals surface area contributed by atoms with Crippen molar-refractivity contribution < 1.29 is 4.74 Å². The van der Waals surface area contributed by atoms with Crippen molar-refractivity contribution >= 4 is 17.4 Å². The van der Waals surface area contributed by atoms with E-state index in [1.165, 1.54) is 0 Å². The first-order chi connectivity index (χ1) is 8.69. The van der Waals surface area contributed by atoms with E-state index in [-0.39, 0.29) is 0 Å². The SMILES string of the molecule is COc1cc(Cl)ccc1CNc1cncc(C)n1. The third kappa shape index (κ3) is 3.11. The molecule has 0 unspecified atom stereocenters. The third-order valence-corrected chi connectivity index (χ3v) is 2.70. The van der Waals surface area contributed by atoms with Crippen LogP contribution in [0.3, 0.4) is 0 Å². The molecule has 0 amide bonds. The molecule has 94 valence electrons. The molecule has 0 saturated heterocycles. The lowest BCUT2D eigenvalue weighted by atomic mass is 10.2. The smallest absolute Gasteiger partial charge is 0.145 e.